The van der Waals surface area contributed by atoms with Gasteiger partial charge in [0.2, 0.25) is 0 Å². The van der Waals surface area contributed by atoms with E-state index in [9.17, 15) is 4.39 Å². The van der Waals surface area contributed by atoms with E-state index in [-0.39, 0.29) is 11.9 Å². The highest BCUT2D eigenvalue weighted by Gasteiger charge is 2.06. The number of hydrogen-bond acceptors (Lipinski definition) is 2. The van der Waals surface area contributed by atoms with Gasteiger partial charge in [0, 0.05) is 0 Å². The summed E-state index contributed by atoms with van der Waals surface area (Å²) in [4.78, 5) is 0. The predicted molar refractivity (Wildman–Crippen MR) is 54.9 cm³/mol. The van der Waals surface area contributed by atoms with Crippen LogP contribution in [-0.2, 0) is 6.42 Å². The maximum Gasteiger partial charge on any atom is 0.123 e. The van der Waals surface area contributed by atoms with E-state index in [2.05, 4.69) is 0 Å². The normalized spacial score (nSPS) is 10.6. The van der Waals surface area contributed by atoms with Crippen LogP contribution in [0.15, 0.2) is 18.2 Å². The van der Waals surface area contributed by atoms with Gasteiger partial charge in [0.25, 0.3) is 0 Å². The van der Waals surface area contributed by atoms with Crippen molar-refractivity contribution in [2.75, 3.05) is 6.54 Å². The minimum atomic E-state index is -0.246. The zero-order chi connectivity index (χ0) is 10.6. The topological polar surface area (TPSA) is 35.2 Å². The third kappa shape index (κ3) is 3.00. The summed E-state index contributed by atoms with van der Waals surface area (Å²) in [6, 6.07) is 4.53. The summed E-state index contributed by atoms with van der Waals surface area (Å²) in [5.74, 6) is 0.483. The average molecular weight is 197 g/mol. The molecule has 0 unspecified atom stereocenters. The molecule has 0 atom stereocenters. The van der Waals surface area contributed by atoms with Gasteiger partial charge < -0.3 is 10.5 Å². The van der Waals surface area contributed by atoms with Gasteiger partial charge in [-0.15, -0.1) is 0 Å². The first-order valence-electron chi connectivity index (χ1n) is 4.78. The molecule has 1 aromatic carbocycles. The van der Waals surface area contributed by atoms with Gasteiger partial charge in [-0.2, -0.15) is 0 Å². The van der Waals surface area contributed by atoms with Crippen LogP contribution in [0.25, 0.3) is 0 Å². The van der Waals surface area contributed by atoms with Gasteiger partial charge in [-0.3, -0.25) is 0 Å². The first-order chi connectivity index (χ1) is 6.63. The van der Waals surface area contributed by atoms with E-state index in [1.165, 1.54) is 12.1 Å². The number of hydrogen-bond donors (Lipinski definition) is 1. The second-order valence-electron chi connectivity index (χ2n) is 3.46. The quantitative estimate of drug-likeness (QED) is 0.802. The Labute approximate surface area is 83.9 Å². The van der Waals surface area contributed by atoms with E-state index in [0.29, 0.717) is 13.0 Å². The molecule has 0 radical (unpaired) electrons. The Morgan fingerprint density at radius 3 is 2.71 bits per heavy atom. The molecule has 0 aromatic heterocycles. The van der Waals surface area contributed by atoms with Gasteiger partial charge in [0.15, 0.2) is 0 Å². The molecular weight excluding hydrogens is 181 g/mol. The lowest BCUT2D eigenvalue weighted by Gasteiger charge is -2.13. The first-order valence-corrected chi connectivity index (χ1v) is 4.78. The molecule has 0 bridgehead atoms. The standard InChI is InChI=1S/C11H16FNO/c1-8(2)14-11-4-3-10(12)7-9(11)5-6-13/h3-4,7-8H,5-6,13H2,1-2H3. The molecule has 2 N–H and O–H groups in total. The summed E-state index contributed by atoms with van der Waals surface area (Å²) < 4.78 is 18.4. The summed E-state index contributed by atoms with van der Waals surface area (Å²) in [5.41, 5.74) is 6.27. The van der Waals surface area contributed by atoms with E-state index >= 15 is 0 Å². The molecule has 0 aliphatic heterocycles. The Bertz CT molecular complexity index is 299. The van der Waals surface area contributed by atoms with Crippen LogP contribution in [0, 0.1) is 5.82 Å². The third-order valence-electron chi connectivity index (χ3n) is 1.80. The Kier molecular flexibility index (Phi) is 3.89. The fraction of sp³-hybridized carbons (Fsp3) is 0.455. The summed E-state index contributed by atoms with van der Waals surface area (Å²) in [6.07, 6.45) is 0.733. The zero-order valence-corrected chi connectivity index (χ0v) is 8.59. The SMILES string of the molecule is CC(C)Oc1ccc(F)cc1CCN. The third-order valence-corrected chi connectivity index (χ3v) is 1.80. The fourth-order valence-corrected chi connectivity index (χ4v) is 1.27. The highest BCUT2D eigenvalue weighted by atomic mass is 19.1. The molecule has 0 aliphatic rings. The molecule has 1 rings (SSSR count). The highest BCUT2D eigenvalue weighted by Crippen LogP contribution is 2.21. The number of benzene rings is 1. The molecule has 0 amide bonds. The second kappa shape index (κ2) is 4.96. The van der Waals surface area contributed by atoms with Crippen molar-refractivity contribution in [3.8, 4) is 5.75 Å². The van der Waals surface area contributed by atoms with E-state index in [4.69, 9.17) is 10.5 Å². The lowest BCUT2D eigenvalue weighted by molar-refractivity contribution is 0.239. The van der Waals surface area contributed by atoms with Crippen LogP contribution >= 0.6 is 0 Å². The maximum atomic E-state index is 12.9. The van der Waals surface area contributed by atoms with Gasteiger partial charge in [-0.05, 0) is 50.6 Å². The van der Waals surface area contributed by atoms with Gasteiger partial charge in [0.1, 0.15) is 11.6 Å². The van der Waals surface area contributed by atoms with Crippen molar-refractivity contribution < 1.29 is 9.13 Å². The van der Waals surface area contributed by atoms with Crippen molar-refractivity contribution in [3.63, 3.8) is 0 Å². The number of halogens is 1. The van der Waals surface area contributed by atoms with E-state index in [1.54, 1.807) is 6.07 Å². The summed E-state index contributed by atoms with van der Waals surface area (Å²) >= 11 is 0. The molecule has 0 saturated carbocycles. The van der Waals surface area contributed by atoms with Gasteiger partial charge in [-0.1, -0.05) is 0 Å². The zero-order valence-electron chi connectivity index (χ0n) is 8.59. The van der Waals surface area contributed by atoms with Crippen molar-refractivity contribution in [1.82, 2.24) is 0 Å². The number of nitrogens with two attached hydrogens (primary N) is 1. The van der Waals surface area contributed by atoms with Crippen LogP contribution in [0.2, 0.25) is 0 Å². The summed E-state index contributed by atoms with van der Waals surface area (Å²) in [7, 11) is 0. The van der Waals surface area contributed by atoms with Crippen LogP contribution in [0.3, 0.4) is 0 Å². The Balaban J connectivity index is 2.89. The fourth-order valence-electron chi connectivity index (χ4n) is 1.27. The predicted octanol–water partition coefficient (Wildman–Crippen LogP) is 2.11. The van der Waals surface area contributed by atoms with Gasteiger partial charge in [0.05, 0.1) is 6.10 Å². The smallest absolute Gasteiger partial charge is 0.123 e. The Morgan fingerprint density at radius 2 is 2.14 bits per heavy atom. The van der Waals surface area contributed by atoms with Crippen LogP contribution in [0.5, 0.6) is 5.75 Å². The Hall–Kier alpha value is -1.09. The van der Waals surface area contributed by atoms with Crippen molar-refractivity contribution in [1.29, 1.82) is 0 Å². The maximum absolute atomic E-state index is 12.9. The van der Waals surface area contributed by atoms with Gasteiger partial charge in [-0.25, -0.2) is 4.39 Å². The monoisotopic (exact) mass is 197 g/mol. The van der Waals surface area contributed by atoms with Crippen molar-refractivity contribution in [3.05, 3.63) is 29.6 Å². The van der Waals surface area contributed by atoms with E-state index in [1.807, 2.05) is 13.8 Å². The minimum Gasteiger partial charge on any atom is -0.491 e. The van der Waals surface area contributed by atoms with E-state index in [0.717, 1.165) is 11.3 Å². The van der Waals surface area contributed by atoms with Crippen molar-refractivity contribution >= 4 is 0 Å². The molecule has 0 aliphatic carbocycles. The van der Waals surface area contributed by atoms with Crippen LogP contribution in [0.4, 0.5) is 4.39 Å². The summed E-state index contributed by atoms with van der Waals surface area (Å²) in [6.45, 7) is 4.38. The first kappa shape index (κ1) is 11.0. The average Bonchev–Trinajstić information content (AvgIpc) is 2.09. The van der Waals surface area contributed by atoms with Crippen LogP contribution < -0.4 is 10.5 Å². The molecule has 0 saturated heterocycles. The largest absolute Gasteiger partial charge is 0.491 e. The Morgan fingerprint density at radius 1 is 1.43 bits per heavy atom. The lowest BCUT2D eigenvalue weighted by Crippen LogP contribution is -2.10. The number of ether oxygens (including phenoxy) is 1. The molecule has 0 fully saturated rings. The number of rotatable bonds is 4. The summed E-state index contributed by atoms with van der Waals surface area (Å²) in [5, 5.41) is 0. The van der Waals surface area contributed by atoms with E-state index < -0.39 is 0 Å². The molecular formula is C11H16FNO. The van der Waals surface area contributed by atoms with Crippen molar-refractivity contribution in [2.45, 2.75) is 26.4 Å². The second-order valence-corrected chi connectivity index (χ2v) is 3.46. The van der Waals surface area contributed by atoms with Gasteiger partial charge >= 0.3 is 0 Å². The van der Waals surface area contributed by atoms with Crippen LogP contribution in [0.1, 0.15) is 19.4 Å². The highest BCUT2D eigenvalue weighted by molar-refractivity contribution is 5.34. The molecule has 0 spiro atoms. The minimum absolute atomic E-state index is 0.0944. The van der Waals surface area contributed by atoms with Crippen LogP contribution in [-0.4, -0.2) is 12.6 Å². The molecule has 0 heterocycles. The molecule has 2 nitrogen and oxygen atoms in total. The van der Waals surface area contributed by atoms with Crippen molar-refractivity contribution in [2.24, 2.45) is 5.73 Å². The molecule has 1 aromatic rings. The lowest BCUT2D eigenvalue weighted by atomic mass is 10.1. The molecule has 3 heteroatoms. The molecule has 78 valence electrons. The molecule has 14 heavy (non-hydrogen) atoms.